The van der Waals surface area contributed by atoms with Crippen LogP contribution in [0.25, 0.3) is 12.2 Å². The number of carbonyl (C=O) groups excluding carboxylic acids is 1. The molecule has 2 aromatic rings. The molecule has 2 aromatic carbocycles. The van der Waals surface area contributed by atoms with E-state index < -0.39 is 0 Å². The molecule has 2 N–H and O–H groups in total. The van der Waals surface area contributed by atoms with Crippen molar-refractivity contribution < 1.29 is 9.90 Å². The van der Waals surface area contributed by atoms with Gasteiger partial charge in [0.25, 0.3) is 5.91 Å². The number of anilines is 1. The summed E-state index contributed by atoms with van der Waals surface area (Å²) in [6.45, 7) is 0.700. The van der Waals surface area contributed by atoms with Crippen molar-refractivity contribution in [1.29, 1.82) is 0 Å². The van der Waals surface area contributed by atoms with E-state index in [1.807, 2.05) is 84.8 Å². The Hall–Kier alpha value is -3.05. The summed E-state index contributed by atoms with van der Waals surface area (Å²) in [4.78, 5) is 16.2. The largest absolute Gasteiger partial charge is 0.395 e. The minimum Gasteiger partial charge on any atom is -0.395 e. The quantitative estimate of drug-likeness (QED) is 0.775. The standard InChI is InChI=1S/C22H25N3O2/c1-24(14-15-26)19-11-8-18(9-12-19)16-20-22(27)25(2)21(23-20)13-10-17-6-4-3-5-7-17/h3-13,16,21,23,26H,14-15H2,1-2H3/b13-10+,20-16-. The second kappa shape index (κ2) is 8.56. The first-order valence-corrected chi connectivity index (χ1v) is 8.99. The fraction of sp³-hybridized carbons (Fsp3) is 0.227. The molecule has 1 saturated heterocycles. The molecule has 1 aliphatic heterocycles. The molecule has 3 rings (SSSR count). The highest BCUT2D eigenvalue weighted by atomic mass is 16.3. The summed E-state index contributed by atoms with van der Waals surface area (Å²) in [7, 11) is 3.73. The third-order valence-electron chi connectivity index (χ3n) is 4.62. The van der Waals surface area contributed by atoms with Gasteiger partial charge in [0.05, 0.1) is 6.61 Å². The molecule has 0 saturated carbocycles. The molecular formula is C22H25N3O2. The van der Waals surface area contributed by atoms with E-state index in [9.17, 15) is 4.79 Å². The minimum absolute atomic E-state index is 0.0285. The Morgan fingerprint density at radius 2 is 1.81 bits per heavy atom. The van der Waals surface area contributed by atoms with Gasteiger partial charge in [-0.3, -0.25) is 4.79 Å². The summed E-state index contributed by atoms with van der Waals surface area (Å²) < 4.78 is 0. The Kier molecular flexibility index (Phi) is 5.94. The predicted octanol–water partition coefficient (Wildman–Crippen LogP) is 2.56. The Morgan fingerprint density at radius 1 is 1.11 bits per heavy atom. The molecular weight excluding hydrogens is 338 g/mol. The number of nitrogens with one attached hydrogen (secondary N) is 1. The molecule has 1 unspecified atom stereocenters. The lowest BCUT2D eigenvalue weighted by atomic mass is 10.1. The van der Waals surface area contributed by atoms with Crippen molar-refractivity contribution in [3.05, 3.63) is 77.5 Å². The number of aliphatic hydroxyl groups is 1. The van der Waals surface area contributed by atoms with Crippen molar-refractivity contribution in [2.45, 2.75) is 6.17 Å². The number of benzene rings is 2. The third-order valence-corrected chi connectivity index (χ3v) is 4.62. The summed E-state index contributed by atoms with van der Waals surface area (Å²) in [5.74, 6) is -0.0285. The number of nitrogens with zero attached hydrogens (tertiary/aromatic N) is 2. The average molecular weight is 363 g/mol. The molecule has 5 nitrogen and oxygen atoms in total. The normalized spacial score (nSPS) is 18.3. The van der Waals surface area contributed by atoms with Gasteiger partial charge in [-0.25, -0.2) is 0 Å². The molecule has 1 amide bonds. The Balaban J connectivity index is 1.71. The van der Waals surface area contributed by atoms with E-state index in [-0.39, 0.29) is 18.7 Å². The number of likely N-dealkylation sites (N-methyl/N-ethyl adjacent to an activating group) is 2. The van der Waals surface area contributed by atoms with Gasteiger partial charge in [-0.2, -0.15) is 0 Å². The number of hydrogen-bond acceptors (Lipinski definition) is 4. The SMILES string of the molecule is CN(CCO)c1ccc(/C=C2\NC(/C=C/c3ccccc3)N(C)C2=O)cc1. The molecule has 1 aliphatic rings. The molecule has 0 bridgehead atoms. The zero-order valence-corrected chi connectivity index (χ0v) is 15.7. The van der Waals surface area contributed by atoms with Gasteiger partial charge in [0.1, 0.15) is 11.9 Å². The van der Waals surface area contributed by atoms with Gasteiger partial charge in [-0.15, -0.1) is 0 Å². The summed E-state index contributed by atoms with van der Waals surface area (Å²) in [6.07, 6.45) is 5.70. The van der Waals surface area contributed by atoms with Crippen molar-refractivity contribution in [2.75, 3.05) is 32.1 Å². The minimum atomic E-state index is -0.168. The van der Waals surface area contributed by atoms with Crippen LogP contribution in [0.3, 0.4) is 0 Å². The van der Waals surface area contributed by atoms with Gasteiger partial charge in [0.15, 0.2) is 0 Å². The van der Waals surface area contributed by atoms with Gasteiger partial charge in [0, 0.05) is 26.3 Å². The van der Waals surface area contributed by atoms with E-state index in [4.69, 9.17) is 5.11 Å². The van der Waals surface area contributed by atoms with Crippen LogP contribution in [-0.4, -0.2) is 49.3 Å². The molecule has 0 aliphatic carbocycles. The molecule has 1 atom stereocenters. The van der Waals surface area contributed by atoms with E-state index >= 15 is 0 Å². The lowest BCUT2D eigenvalue weighted by Gasteiger charge is -2.17. The highest BCUT2D eigenvalue weighted by Gasteiger charge is 2.29. The lowest BCUT2D eigenvalue weighted by molar-refractivity contribution is -0.124. The summed E-state index contributed by atoms with van der Waals surface area (Å²) in [5, 5.41) is 12.3. The van der Waals surface area contributed by atoms with Crippen LogP contribution in [0.15, 0.2) is 66.4 Å². The van der Waals surface area contributed by atoms with E-state index in [1.165, 1.54) is 0 Å². The van der Waals surface area contributed by atoms with Crippen molar-refractivity contribution in [3.63, 3.8) is 0 Å². The number of aliphatic hydroxyl groups excluding tert-OH is 1. The Morgan fingerprint density at radius 3 is 2.48 bits per heavy atom. The molecule has 0 aromatic heterocycles. The first-order valence-electron chi connectivity index (χ1n) is 8.99. The fourth-order valence-electron chi connectivity index (χ4n) is 2.95. The molecule has 1 fully saturated rings. The molecule has 0 spiro atoms. The second-order valence-corrected chi connectivity index (χ2v) is 6.57. The van der Waals surface area contributed by atoms with Crippen molar-refractivity contribution in [1.82, 2.24) is 10.2 Å². The third kappa shape index (κ3) is 4.57. The van der Waals surface area contributed by atoms with Crippen molar-refractivity contribution >= 4 is 23.7 Å². The maximum atomic E-state index is 12.5. The van der Waals surface area contributed by atoms with E-state index in [0.717, 1.165) is 16.8 Å². The molecule has 5 heteroatoms. The molecule has 1 heterocycles. The molecule has 140 valence electrons. The van der Waals surface area contributed by atoms with Crippen LogP contribution < -0.4 is 10.2 Å². The van der Waals surface area contributed by atoms with Crippen LogP contribution in [0.2, 0.25) is 0 Å². The lowest BCUT2D eigenvalue weighted by Crippen LogP contribution is -2.31. The van der Waals surface area contributed by atoms with Crippen molar-refractivity contribution in [3.8, 4) is 0 Å². The van der Waals surface area contributed by atoms with E-state index in [0.29, 0.717) is 12.2 Å². The average Bonchev–Trinajstić information content (AvgIpc) is 2.96. The number of amides is 1. The van der Waals surface area contributed by atoms with Gasteiger partial charge >= 0.3 is 0 Å². The number of rotatable bonds is 6. The molecule has 0 radical (unpaired) electrons. The first-order chi connectivity index (χ1) is 13.1. The summed E-state index contributed by atoms with van der Waals surface area (Å²) >= 11 is 0. The number of hydrogen-bond donors (Lipinski definition) is 2. The highest BCUT2D eigenvalue weighted by molar-refractivity contribution is 5.99. The fourth-order valence-corrected chi connectivity index (χ4v) is 2.95. The smallest absolute Gasteiger partial charge is 0.271 e. The van der Waals surface area contributed by atoms with Gasteiger partial charge in [-0.05, 0) is 35.4 Å². The van der Waals surface area contributed by atoms with Crippen LogP contribution in [0.4, 0.5) is 5.69 Å². The zero-order chi connectivity index (χ0) is 19.2. The van der Waals surface area contributed by atoms with Crippen LogP contribution in [-0.2, 0) is 4.79 Å². The maximum absolute atomic E-state index is 12.5. The van der Waals surface area contributed by atoms with Crippen LogP contribution >= 0.6 is 0 Å². The second-order valence-electron chi connectivity index (χ2n) is 6.57. The highest BCUT2D eigenvalue weighted by Crippen LogP contribution is 2.19. The molecule has 27 heavy (non-hydrogen) atoms. The van der Waals surface area contributed by atoms with Crippen molar-refractivity contribution in [2.24, 2.45) is 0 Å². The van der Waals surface area contributed by atoms with Crippen LogP contribution in [0, 0.1) is 0 Å². The van der Waals surface area contributed by atoms with Gasteiger partial charge in [0.2, 0.25) is 0 Å². The number of carbonyl (C=O) groups is 1. The Labute approximate surface area is 160 Å². The van der Waals surface area contributed by atoms with Crippen LogP contribution in [0.5, 0.6) is 0 Å². The predicted molar refractivity (Wildman–Crippen MR) is 110 cm³/mol. The maximum Gasteiger partial charge on any atom is 0.271 e. The summed E-state index contributed by atoms with van der Waals surface area (Å²) in [5.41, 5.74) is 3.66. The van der Waals surface area contributed by atoms with Gasteiger partial charge < -0.3 is 20.2 Å². The summed E-state index contributed by atoms with van der Waals surface area (Å²) in [6, 6.07) is 17.9. The monoisotopic (exact) mass is 363 g/mol. The Bertz CT molecular complexity index is 828. The van der Waals surface area contributed by atoms with Crippen LogP contribution in [0.1, 0.15) is 11.1 Å². The zero-order valence-electron chi connectivity index (χ0n) is 15.7. The van der Waals surface area contributed by atoms with E-state index in [2.05, 4.69) is 5.32 Å². The van der Waals surface area contributed by atoms with E-state index in [1.54, 1.807) is 11.9 Å². The topological polar surface area (TPSA) is 55.8 Å². The first kappa shape index (κ1) is 18.7. The van der Waals surface area contributed by atoms with Gasteiger partial charge in [-0.1, -0.05) is 48.5 Å².